The quantitative estimate of drug-likeness (QED) is 0.869. The Morgan fingerprint density at radius 2 is 2.11 bits per heavy atom. The van der Waals surface area contributed by atoms with Gasteiger partial charge in [-0.05, 0) is 17.5 Å². The van der Waals surface area contributed by atoms with Gasteiger partial charge < -0.3 is 14.8 Å². The topological polar surface area (TPSA) is 54.3 Å². The summed E-state index contributed by atoms with van der Waals surface area (Å²) in [5, 5.41) is 5.80. The van der Waals surface area contributed by atoms with Crippen molar-refractivity contribution in [2.75, 3.05) is 26.2 Å². The summed E-state index contributed by atoms with van der Waals surface area (Å²) < 4.78 is 2.47. The van der Waals surface area contributed by atoms with Crippen molar-refractivity contribution in [3.63, 3.8) is 0 Å². The van der Waals surface area contributed by atoms with Crippen molar-refractivity contribution < 1.29 is 4.79 Å². The standard InChI is InChI=1S/C13H15N3O2S/c17-12(15-6-3-14-4-7-15)9-16-5-1-11-10(13(16)18)2-8-19-11/h1-2,5,8,14H,3-4,6-7,9H2. The van der Waals surface area contributed by atoms with Gasteiger partial charge in [0.2, 0.25) is 5.91 Å². The molecule has 1 saturated heterocycles. The molecule has 19 heavy (non-hydrogen) atoms. The lowest BCUT2D eigenvalue weighted by Crippen LogP contribution is -2.48. The van der Waals surface area contributed by atoms with Crippen molar-refractivity contribution in [2.24, 2.45) is 0 Å². The summed E-state index contributed by atoms with van der Waals surface area (Å²) >= 11 is 1.54. The van der Waals surface area contributed by atoms with Crippen LogP contribution in [0.4, 0.5) is 0 Å². The van der Waals surface area contributed by atoms with Crippen molar-refractivity contribution in [3.05, 3.63) is 34.1 Å². The van der Waals surface area contributed by atoms with Crippen molar-refractivity contribution >= 4 is 27.3 Å². The van der Waals surface area contributed by atoms with Crippen LogP contribution in [-0.4, -0.2) is 41.6 Å². The van der Waals surface area contributed by atoms with Crippen LogP contribution in [0.1, 0.15) is 0 Å². The number of fused-ring (bicyclic) bond motifs is 1. The number of carbonyl (C=O) groups is 1. The number of thiophene rings is 1. The van der Waals surface area contributed by atoms with E-state index in [9.17, 15) is 9.59 Å². The fraction of sp³-hybridized carbons (Fsp3) is 0.385. The monoisotopic (exact) mass is 277 g/mol. The maximum absolute atomic E-state index is 12.2. The molecule has 1 fully saturated rings. The molecule has 0 saturated carbocycles. The van der Waals surface area contributed by atoms with E-state index in [2.05, 4.69) is 5.32 Å². The molecule has 1 N–H and O–H groups in total. The van der Waals surface area contributed by atoms with Crippen molar-refractivity contribution in [2.45, 2.75) is 6.54 Å². The molecule has 5 nitrogen and oxygen atoms in total. The van der Waals surface area contributed by atoms with Crippen LogP contribution >= 0.6 is 11.3 Å². The Kier molecular flexibility index (Phi) is 3.35. The summed E-state index contributed by atoms with van der Waals surface area (Å²) in [6.07, 6.45) is 1.71. The van der Waals surface area contributed by atoms with Crippen LogP contribution in [0.3, 0.4) is 0 Å². The number of pyridine rings is 1. The van der Waals surface area contributed by atoms with Gasteiger partial charge in [-0.2, -0.15) is 0 Å². The fourth-order valence-electron chi connectivity index (χ4n) is 2.29. The molecule has 0 aromatic carbocycles. The van der Waals surface area contributed by atoms with E-state index in [0.29, 0.717) is 18.5 Å². The summed E-state index contributed by atoms with van der Waals surface area (Å²) in [5.41, 5.74) is -0.0813. The first-order valence-electron chi connectivity index (χ1n) is 6.31. The van der Waals surface area contributed by atoms with Gasteiger partial charge in [0.05, 0.1) is 5.39 Å². The smallest absolute Gasteiger partial charge is 0.259 e. The Balaban J connectivity index is 1.82. The minimum atomic E-state index is -0.0813. The molecule has 0 spiro atoms. The Morgan fingerprint density at radius 1 is 1.32 bits per heavy atom. The molecule has 0 radical (unpaired) electrons. The average Bonchev–Trinajstić information content (AvgIpc) is 2.92. The second-order valence-electron chi connectivity index (χ2n) is 4.58. The largest absolute Gasteiger partial charge is 0.339 e. The van der Waals surface area contributed by atoms with E-state index in [4.69, 9.17) is 0 Å². The molecule has 6 heteroatoms. The molecule has 0 aliphatic carbocycles. The van der Waals surface area contributed by atoms with Gasteiger partial charge in [-0.15, -0.1) is 11.3 Å². The van der Waals surface area contributed by atoms with E-state index in [1.54, 1.807) is 22.4 Å². The van der Waals surface area contributed by atoms with Crippen molar-refractivity contribution in [1.29, 1.82) is 0 Å². The average molecular weight is 277 g/mol. The lowest BCUT2D eigenvalue weighted by atomic mass is 10.3. The zero-order valence-corrected chi connectivity index (χ0v) is 11.3. The minimum absolute atomic E-state index is 0.0122. The number of rotatable bonds is 2. The normalized spacial score (nSPS) is 15.9. The van der Waals surface area contributed by atoms with Crippen LogP contribution in [0, 0.1) is 0 Å². The number of nitrogens with zero attached hydrogens (tertiary/aromatic N) is 2. The molecule has 2 aromatic rings. The number of piperazine rings is 1. The molecule has 1 aliphatic heterocycles. The minimum Gasteiger partial charge on any atom is -0.339 e. The van der Waals surface area contributed by atoms with Crippen LogP contribution < -0.4 is 10.9 Å². The third-order valence-electron chi connectivity index (χ3n) is 3.37. The number of carbonyl (C=O) groups excluding carboxylic acids is 1. The lowest BCUT2D eigenvalue weighted by molar-refractivity contribution is -0.132. The summed E-state index contributed by atoms with van der Waals surface area (Å²) in [6, 6.07) is 3.71. The molecular weight excluding hydrogens is 262 g/mol. The van der Waals surface area contributed by atoms with Gasteiger partial charge in [0, 0.05) is 37.1 Å². The summed E-state index contributed by atoms with van der Waals surface area (Å²) in [4.78, 5) is 26.1. The van der Waals surface area contributed by atoms with E-state index >= 15 is 0 Å². The highest BCUT2D eigenvalue weighted by Gasteiger charge is 2.17. The van der Waals surface area contributed by atoms with E-state index in [-0.39, 0.29) is 18.0 Å². The van der Waals surface area contributed by atoms with Crippen molar-refractivity contribution in [3.8, 4) is 0 Å². The Bertz CT molecular complexity index is 655. The molecule has 0 unspecified atom stereocenters. The van der Waals surface area contributed by atoms with Gasteiger partial charge in [-0.3, -0.25) is 9.59 Å². The van der Waals surface area contributed by atoms with Gasteiger partial charge in [0.25, 0.3) is 5.56 Å². The maximum Gasteiger partial charge on any atom is 0.259 e. The van der Waals surface area contributed by atoms with E-state index < -0.39 is 0 Å². The third kappa shape index (κ3) is 2.41. The molecule has 0 atom stereocenters. The maximum atomic E-state index is 12.2. The van der Waals surface area contributed by atoms with Gasteiger partial charge in [-0.25, -0.2) is 0 Å². The molecule has 1 amide bonds. The van der Waals surface area contributed by atoms with Crippen LogP contribution in [0.15, 0.2) is 28.5 Å². The van der Waals surface area contributed by atoms with E-state index in [0.717, 1.165) is 17.8 Å². The van der Waals surface area contributed by atoms with Crippen LogP contribution in [0.5, 0.6) is 0 Å². The zero-order valence-electron chi connectivity index (χ0n) is 10.5. The highest BCUT2D eigenvalue weighted by atomic mass is 32.1. The molecule has 100 valence electrons. The number of hydrogen-bond donors (Lipinski definition) is 1. The van der Waals surface area contributed by atoms with Crippen LogP contribution in [-0.2, 0) is 11.3 Å². The molecule has 0 bridgehead atoms. The van der Waals surface area contributed by atoms with Gasteiger partial charge in [0.15, 0.2) is 0 Å². The van der Waals surface area contributed by atoms with Crippen LogP contribution in [0.2, 0.25) is 0 Å². The third-order valence-corrected chi connectivity index (χ3v) is 4.25. The summed E-state index contributed by atoms with van der Waals surface area (Å²) in [5.74, 6) is 0.0122. The van der Waals surface area contributed by atoms with Gasteiger partial charge >= 0.3 is 0 Å². The number of nitrogens with one attached hydrogen (secondary N) is 1. The Labute approximate surface area is 114 Å². The predicted octanol–water partition coefficient (Wildman–Crippen LogP) is 0.495. The first-order valence-corrected chi connectivity index (χ1v) is 7.19. The second kappa shape index (κ2) is 5.14. The summed E-state index contributed by atoms with van der Waals surface area (Å²) in [6.45, 7) is 3.21. The zero-order chi connectivity index (χ0) is 13.2. The highest BCUT2D eigenvalue weighted by Crippen LogP contribution is 2.16. The first-order chi connectivity index (χ1) is 9.25. The van der Waals surface area contributed by atoms with Crippen molar-refractivity contribution in [1.82, 2.24) is 14.8 Å². The number of aromatic nitrogens is 1. The molecule has 3 rings (SSSR count). The number of hydrogen-bond acceptors (Lipinski definition) is 4. The van der Waals surface area contributed by atoms with Gasteiger partial charge in [0.1, 0.15) is 6.54 Å². The predicted molar refractivity (Wildman–Crippen MR) is 75.5 cm³/mol. The molecule has 3 heterocycles. The van der Waals surface area contributed by atoms with Gasteiger partial charge in [-0.1, -0.05) is 0 Å². The van der Waals surface area contributed by atoms with E-state index in [1.165, 1.54) is 4.57 Å². The van der Waals surface area contributed by atoms with E-state index in [1.807, 2.05) is 17.5 Å². The van der Waals surface area contributed by atoms with Crippen LogP contribution in [0.25, 0.3) is 10.1 Å². The first kappa shape index (κ1) is 12.4. The lowest BCUT2D eigenvalue weighted by Gasteiger charge is -2.27. The molecular formula is C13H15N3O2S. The second-order valence-corrected chi connectivity index (χ2v) is 5.53. The molecule has 1 aliphatic rings. The Hall–Kier alpha value is -1.66. The summed E-state index contributed by atoms with van der Waals surface area (Å²) in [7, 11) is 0. The Morgan fingerprint density at radius 3 is 2.89 bits per heavy atom. The highest BCUT2D eigenvalue weighted by molar-refractivity contribution is 7.17. The number of amides is 1. The fourth-order valence-corrected chi connectivity index (χ4v) is 3.06. The SMILES string of the molecule is O=C(Cn1ccc2sccc2c1=O)N1CCNCC1. The molecule has 2 aromatic heterocycles.